The van der Waals surface area contributed by atoms with Gasteiger partial charge in [-0.3, -0.25) is 4.79 Å². The number of hydrogen-bond acceptors (Lipinski definition) is 3. The number of sulfonamides is 1. The zero-order chi connectivity index (χ0) is 26.0. The van der Waals surface area contributed by atoms with Gasteiger partial charge in [0.2, 0.25) is 15.9 Å². The second kappa shape index (κ2) is 11.3. The maximum absolute atomic E-state index is 14.0. The molecule has 1 aliphatic carbocycles. The molecule has 1 amide bonds. The normalized spacial score (nSPS) is 23.6. The van der Waals surface area contributed by atoms with Crippen molar-refractivity contribution < 1.29 is 13.2 Å². The van der Waals surface area contributed by atoms with Gasteiger partial charge in [-0.2, -0.15) is 0 Å². The third-order valence-corrected chi connectivity index (χ3v) is 10.3. The van der Waals surface area contributed by atoms with Gasteiger partial charge in [0.1, 0.15) is 0 Å². The Morgan fingerprint density at radius 3 is 2.39 bits per heavy atom. The zero-order valence-corrected chi connectivity index (χ0v) is 23.1. The van der Waals surface area contributed by atoms with E-state index in [-0.39, 0.29) is 41.6 Å². The maximum Gasteiger partial charge on any atom is 0.226 e. The molecule has 0 radical (unpaired) electrons. The molecule has 1 heterocycles. The van der Waals surface area contributed by atoms with Crippen molar-refractivity contribution in [2.75, 3.05) is 13.6 Å². The van der Waals surface area contributed by atoms with Crippen molar-refractivity contribution in [1.29, 1.82) is 0 Å². The average molecular weight is 550 g/mol. The summed E-state index contributed by atoms with van der Waals surface area (Å²) in [6, 6.07) is 14.9. The Morgan fingerprint density at radius 1 is 1.11 bits per heavy atom. The van der Waals surface area contributed by atoms with Crippen LogP contribution in [0.5, 0.6) is 0 Å². The molecular formula is C28H34Cl2N2O3S. The molecule has 0 N–H and O–H groups in total. The average Bonchev–Trinajstić information content (AvgIpc) is 3.70. The number of carbonyl (C=O) groups is 1. The zero-order valence-electron chi connectivity index (χ0n) is 20.8. The first-order valence-electron chi connectivity index (χ1n) is 12.6. The predicted octanol–water partition coefficient (Wildman–Crippen LogP) is 6.45. The minimum atomic E-state index is -3.37. The second-order valence-electron chi connectivity index (χ2n) is 9.95. The number of halogens is 2. The van der Waals surface area contributed by atoms with Gasteiger partial charge in [0.25, 0.3) is 0 Å². The van der Waals surface area contributed by atoms with Crippen LogP contribution in [0.4, 0.5) is 0 Å². The highest BCUT2D eigenvalue weighted by Crippen LogP contribution is 2.48. The summed E-state index contributed by atoms with van der Waals surface area (Å²) in [5.74, 6) is -0.224. The Balaban J connectivity index is 1.80. The summed E-state index contributed by atoms with van der Waals surface area (Å²) in [6.45, 7) is 6.16. The molecule has 2 aromatic rings. The monoisotopic (exact) mass is 548 g/mol. The molecule has 1 saturated heterocycles. The lowest BCUT2D eigenvalue weighted by molar-refractivity contribution is -0.147. The van der Waals surface area contributed by atoms with Gasteiger partial charge < -0.3 is 4.90 Å². The molecule has 4 atom stereocenters. The molecule has 194 valence electrons. The van der Waals surface area contributed by atoms with Crippen LogP contribution in [-0.4, -0.2) is 48.4 Å². The summed E-state index contributed by atoms with van der Waals surface area (Å²) >= 11 is 12.6. The first-order valence-corrected chi connectivity index (χ1v) is 14.8. The van der Waals surface area contributed by atoms with Gasteiger partial charge >= 0.3 is 0 Å². The van der Waals surface area contributed by atoms with Crippen molar-refractivity contribution in [3.63, 3.8) is 0 Å². The summed E-state index contributed by atoms with van der Waals surface area (Å²) in [4.78, 5) is 16.0. The van der Waals surface area contributed by atoms with Crippen LogP contribution in [0.25, 0.3) is 0 Å². The minimum Gasteiger partial charge on any atom is -0.330 e. The van der Waals surface area contributed by atoms with Crippen molar-refractivity contribution in [3.05, 3.63) is 82.4 Å². The van der Waals surface area contributed by atoms with E-state index in [4.69, 9.17) is 23.2 Å². The van der Waals surface area contributed by atoms with Crippen LogP contribution in [0.1, 0.15) is 62.1 Å². The lowest BCUT2D eigenvalue weighted by atomic mass is 9.74. The van der Waals surface area contributed by atoms with Crippen molar-refractivity contribution in [2.24, 2.45) is 5.92 Å². The molecular weight excluding hydrogens is 515 g/mol. The van der Waals surface area contributed by atoms with Crippen LogP contribution in [-0.2, 0) is 14.8 Å². The van der Waals surface area contributed by atoms with E-state index in [1.54, 1.807) is 13.1 Å². The summed E-state index contributed by atoms with van der Waals surface area (Å²) in [5.41, 5.74) is 2.03. The van der Waals surface area contributed by atoms with E-state index in [1.807, 2.05) is 54.3 Å². The van der Waals surface area contributed by atoms with E-state index in [0.717, 1.165) is 11.1 Å². The number of carbonyl (C=O) groups excluding carboxylic acids is 1. The molecule has 36 heavy (non-hydrogen) atoms. The third kappa shape index (κ3) is 5.67. The third-order valence-electron chi connectivity index (χ3n) is 7.48. The van der Waals surface area contributed by atoms with Gasteiger partial charge in [-0.15, -0.1) is 6.58 Å². The first-order chi connectivity index (χ1) is 17.2. The predicted molar refractivity (Wildman–Crippen MR) is 147 cm³/mol. The van der Waals surface area contributed by atoms with Gasteiger partial charge in [-0.05, 0) is 67.5 Å². The molecule has 2 aromatic carbocycles. The van der Waals surface area contributed by atoms with Crippen molar-refractivity contribution in [2.45, 2.75) is 62.3 Å². The highest BCUT2D eigenvalue weighted by atomic mass is 35.5. The second-order valence-corrected chi connectivity index (χ2v) is 13.1. The maximum atomic E-state index is 14.0. The quantitative estimate of drug-likeness (QED) is 0.320. The van der Waals surface area contributed by atoms with E-state index in [9.17, 15) is 13.2 Å². The number of benzene rings is 2. The Morgan fingerprint density at radius 2 is 1.81 bits per heavy atom. The van der Waals surface area contributed by atoms with Gasteiger partial charge in [0.15, 0.2) is 0 Å². The number of rotatable bonds is 10. The summed E-state index contributed by atoms with van der Waals surface area (Å²) in [6.07, 6.45) is 5.05. The fourth-order valence-electron chi connectivity index (χ4n) is 5.43. The Hall–Kier alpha value is -1.86. The van der Waals surface area contributed by atoms with Crippen LogP contribution in [0, 0.1) is 5.92 Å². The largest absolute Gasteiger partial charge is 0.330 e. The fraction of sp³-hybridized carbons (Fsp3) is 0.464. The lowest BCUT2D eigenvalue weighted by Gasteiger charge is -2.49. The number of hydrogen-bond donors (Lipinski definition) is 0. The number of nitrogens with zero attached hydrogens (tertiary/aromatic N) is 2. The van der Waals surface area contributed by atoms with Gasteiger partial charge in [0, 0.05) is 41.5 Å². The number of likely N-dealkylation sites (tertiary alicyclic amines) is 1. The SMILES string of the molecule is C=CC[C@@H]1C[C@H](c2cccc(Cl)c2)C(c2ccc(Cl)cc2)N(C(CC)CN(C)S(=O)(=O)C2CC2)C1=O. The highest BCUT2D eigenvalue weighted by Gasteiger charge is 2.46. The van der Waals surface area contributed by atoms with Crippen LogP contribution >= 0.6 is 23.2 Å². The molecule has 0 aromatic heterocycles. The van der Waals surface area contributed by atoms with Crippen LogP contribution in [0.3, 0.4) is 0 Å². The molecule has 2 aliphatic rings. The molecule has 2 unspecified atom stereocenters. The van der Waals surface area contributed by atoms with E-state index in [0.29, 0.717) is 42.1 Å². The van der Waals surface area contributed by atoms with Crippen molar-refractivity contribution in [1.82, 2.24) is 9.21 Å². The number of likely N-dealkylation sites (N-methyl/N-ethyl adjacent to an activating group) is 1. The van der Waals surface area contributed by atoms with E-state index in [1.165, 1.54) is 4.31 Å². The number of allylic oxidation sites excluding steroid dienone is 1. The number of amides is 1. The number of piperidine rings is 1. The van der Waals surface area contributed by atoms with E-state index >= 15 is 0 Å². The van der Waals surface area contributed by atoms with Gasteiger partial charge in [-0.25, -0.2) is 12.7 Å². The minimum absolute atomic E-state index is 0.0214. The topological polar surface area (TPSA) is 57.7 Å². The summed E-state index contributed by atoms with van der Waals surface area (Å²) in [5, 5.41) is 0.976. The fourth-order valence-corrected chi connectivity index (χ4v) is 7.37. The van der Waals surface area contributed by atoms with E-state index < -0.39 is 10.0 Å². The molecule has 0 spiro atoms. The van der Waals surface area contributed by atoms with E-state index in [2.05, 4.69) is 12.6 Å². The highest BCUT2D eigenvalue weighted by molar-refractivity contribution is 7.90. The van der Waals surface area contributed by atoms with Crippen LogP contribution in [0.2, 0.25) is 10.0 Å². The lowest BCUT2D eigenvalue weighted by Crippen LogP contribution is -2.54. The van der Waals surface area contributed by atoms with Crippen LogP contribution < -0.4 is 0 Å². The Kier molecular flexibility index (Phi) is 8.50. The Bertz CT molecular complexity index is 1200. The van der Waals surface area contributed by atoms with Crippen molar-refractivity contribution >= 4 is 39.1 Å². The molecule has 2 fully saturated rings. The standard InChI is InChI=1S/C28H34Cl2N2O3S/c1-4-7-21-17-26(20-8-6-9-23(30)16-20)27(19-10-12-22(29)13-11-19)32(28(21)33)24(5-2)18-31(3)36(34,35)25-14-15-25/h4,6,8-13,16,21,24-27H,1,5,7,14-15,17-18H2,2-3H3/t21-,24?,26-,27?/m1/s1. The summed E-state index contributed by atoms with van der Waals surface area (Å²) < 4.78 is 27.4. The Labute approximate surface area is 225 Å². The molecule has 5 nitrogen and oxygen atoms in total. The van der Waals surface area contributed by atoms with Gasteiger partial charge in [-0.1, -0.05) is 60.5 Å². The molecule has 0 bridgehead atoms. The molecule has 4 rings (SSSR count). The van der Waals surface area contributed by atoms with Gasteiger partial charge in [0.05, 0.1) is 11.3 Å². The smallest absolute Gasteiger partial charge is 0.226 e. The van der Waals surface area contributed by atoms with Crippen LogP contribution in [0.15, 0.2) is 61.2 Å². The molecule has 8 heteroatoms. The van der Waals surface area contributed by atoms with Crippen molar-refractivity contribution in [3.8, 4) is 0 Å². The first kappa shape index (κ1) is 27.2. The molecule has 1 aliphatic heterocycles. The molecule has 1 saturated carbocycles. The summed E-state index contributed by atoms with van der Waals surface area (Å²) in [7, 11) is -1.73.